The van der Waals surface area contributed by atoms with Crippen LogP contribution in [0.15, 0.2) is 35.4 Å². The van der Waals surface area contributed by atoms with Gasteiger partial charge in [-0.05, 0) is 50.4 Å². The van der Waals surface area contributed by atoms with E-state index in [1.165, 1.54) is 0 Å². The van der Waals surface area contributed by atoms with Crippen molar-refractivity contribution in [1.82, 2.24) is 20.1 Å². The summed E-state index contributed by atoms with van der Waals surface area (Å²) in [4.78, 5) is 40.5. The second-order valence-corrected chi connectivity index (χ2v) is 10.4. The first kappa shape index (κ1) is 27.1. The molecule has 0 unspecified atom stereocenters. The van der Waals surface area contributed by atoms with Crippen LogP contribution in [0.5, 0.6) is 0 Å². The summed E-state index contributed by atoms with van der Waals surface area (Å²) in [5.41, 5.74) is 0.839. The molecule has 3 saturated heterocycles. The average Bonchev–Trinajstić information content (AvgIpc) is 2.96. The minimum absolute atomic E-state index is 0.0580. The summed E-state index contributed by atoms with van der Waals surface area (Å²) in [7, 11) is 1.90. The third-order valence-corrected chi connectivity index (χ3v) is 8.22. The lowest BCUT2D eigenvalue weighted by atomic mass is 9.80. The lowest BCUT2D eigenvalue weighted by Gasteiger charge is -2.38. The number of benzene rings is 1. The predicted molar refractivity (Wildman–Crippen MR) is 142 cm³/mol. The molecule has 9 nitrogen and oxygen atoms in total. The maximum Gasteiger partial charge on any atom is 0.223 e. The Labute approximate surface area is 220 Å². The molecule has 0 aromatic heterocycles. The van der Waals surface area contributed by atoms with Crippen molar-refractivity contribution in [3.8, 4) is 0 Å². The summed E-state index contributed by atoms with van der Waals surface area (Å²) in [5, 5.41) is 9.20. The van der Waals surface area contributed by atoms with Gasteiger partial charge < -0.3 is 19.9 Å². The number of rotatable bonds is 8. The molecule has 0 saturated carbocycles. The number of amides is 3. The quantitative estimate of drug-likeness (QED) is 0.250. The summed E-state index contributed by atoms with van der Waals surface area (Å²) in [5.74, 6) is 2.12. The molecule has 0 bridgehead atoms. The van der Waals surface area contributed by atoms with Crippen LogP contribution >= 0.6 is 0 Å². The molecule has 1 N–H and O–H groups in total. The van der Waals surface area contributed by atoms with Gasteiger partial charge in [0.15, 0.2) is 5.84 Å². The highest BCUT2D eigenvalue weighted by Crippen LogP contribution is 2.32. The molecule has 9 heteroatoms. The fraction of sp³-hybridized carbons (Fsp3) is 0.643. The van der Waals surface area contributed by atoms with Gasteiger partial charge in [0.1, 0.15) is 0 Å². The van der Waals surface area contributed by atoms with Gasteiger partial charge in [0.05, 0.1) is 6.04 Å². The largest absolute Gasteiger partial charge is 0.381 e. The molecule has 0 aliphatic carbocycles. The average molecular weight is 512 g/mol. The molecule has 3 fully saturated rings. The van der Waals surface area contributed by atoms with Gasteiger partial charge in [-0.2, -0.15) is 5.10 Å². The first-order valence-electron chi connectivity index (χ1n) is 13.8. The van der Waals surface area contributed by atoms with Gasteiger partial charge in [-0.15, -0.1) is 0 Å². The minimum Gasteiger partial charge on any atom is -0.381 e. The molecule has 1 aromatic carbocycles. The van der Waals surface area contributed by atoms with E-state index < -0.39 is 0 Å². The molecule has 0 spiro atoms. The van der Waals surface area contributed by atoms with E-state index in [0.29, 0.717) is 37.7 Å². The summed E-state index contributed by atoms with van der Waals surface area (Å²) in [6, 6.07) is 9.71. The van der Waals surface area contributed by atoms with Crippen molar-refractivity contribution in [2.75, 3.05) is 46.4 Å². The van der Waals surface area contributed by atoms with E-state index in [9.17, 15) is 14.4 Å². The van der Waals surface area contributed by atoms with E-state index in [2.05, 4.69) is 10.4 Å². The van der Waals surface area contributed by atoms with Crippen LogP contribution in [0.2, 0.25) is 0 Å². The van der Waals surface area contributed by atoms with Crippen LogP contribution in [0.1, 0.15) is 56.9 Å². The molecular formula is C28H41N5O4. The molecule has 3 heterocycles. The smallest absolute Gasteiger partial charge is 0.223 e. The SMILES string of the molecule is CN(/N=C(\NC=O)c1ccccc1)C1CCN(C(=O)CCC(=O)N2CCC(C3CCOCC3)CC2)CC1. The van der Waals surface area contributed by atoms with E-state index in [1.807, 2.05) is 52.2 Å². The van der Waals surface area contributed by atoms with Crippen molar-refractivity contribution in [3.63, 3.8) is 0 Å². The minimum atomic E-state index is 0.0580. The third-order valence-electron chi connectivity index (χ3n) is 8.22. The molecule has 4 rings (SSSR count). The number of carbonyl (C=O) groups is 3. The van der Waals surface area contributed by atoms with Crippen molar-refractivity contribution in [2.24, 2.45) is 16.9 Å². The standard InChI is InChI=1S/C28H41N5O4/c1-31(30-28(29-21-34)24-5-3-2-4-6-24)25-11-17-33(18-12-25)27(36)8-7-26(35)32-15-9-22(10-16-32)23-13-19-37-20-14-23/h2-6,21-23,25H,7-20H2,1H3,(H,29,30,34). The van der Waals surface area contributed by atoms with Crippen molar-refractivity contribution >= 4 is 24.1 Å². The van der Waals surface area contributed by atoms with Crippen LogP contribution in [-0.4, -0.2) is 91.4 Å². The van der Waals surface area contributed by atoms with Crippen LogP contribution in [0.3, 0.4) is 0 Å². The number of nitrogens with one attached hydrogen (secondary N) is 1. The first-order valence-corrected chi connectivity index (χ1v) is 13.8. The number of ether oxygens (including phenoxy) is 1. The van der Waals surface area contributed by atoms with Gasteiger partial charge in [0.2, 0.25) is 18.2 Å². The lowest BCUT2D eigenvalue weighted by molar-refractivity contribution is -0.138. The van der Waals surface area contributed by atoms with Crippen molar-refractivity contribution in [2.45, 2.75) is 57.4 Å². The molecule has 3 amide bonds. The number of piperidine rings is 2. The van der Waals surface area contributed by atoms with Crippen LogP contribution < -0.4 is 5.32 Å². The number of likely N-dealkylation sites (tertiary alicyclic amines) is 2. The van der Waals surface area contributed by atoms with E-state index in [0.717, 1.165) is 76.3 Å². The molecule has 0 atom stereocenters. The van der Waals surface area contributed by atoms with Crippen LogP contribution in [-0.2, 0) is 19.1 Å². The van der Waals surface area contributed by atoms with E-state index >= 15 is 0 Å². The van der Waals surface area contributed by atoms with Crippen molar-refractivity contribution < 1.29 is 19.1 Å². The Morgan fingerprint density at radius 1 is 0.919 bits per heavy atom. The second kappa shape index (κ2) is 13.6. The molecule has 3 aliphatic rings. The maximum atomic E-state index is 12.8. The molecule has 202 valence electrons. The fourth-order valence-corrected chi connectivity index (χ4v) is 5.89. The lowest BCUT2D eigenvalue weighted by Crippen LogP contribution is -2.45. The van der Waals surface area contributed by atoms with Gasteiger partial charge in [-0.1, -0.05) is 30.3 Å². The normalized spacial score (nSPS) is 20.5. The van der Waals surface area contributed by atoms with Gasteiger partial charge in [0.25, 0.3) is 0 Å². The number of hydrogen-bond acceptors (Lipinski definition) is 6. The van der Waals surface area contributed by atoms with E-state index in [-0.39, 0.29) is 24.3 Å². The Balaban J connectivity index is 1.18. The Bertz CT molecular complexity index is 918. The van der Waals surface area contributed by atoms with E-state index in [4.69, 9.17) is 4.74 Å². The number of hydrazone groups is 1. The Morgan fingerprint density at radius 3 is 2.03 bits per heavy atom. The molecule has 3 aliphatic heterocycles. The van der Waals surface area contributed by atoms with Gasteiger partial charge in [0, 0.05) is 64.8 Å². The predicted octanol–water partition coefficient (Wildman–Crippen LogP) is 2.46. The van der Waals surface area contributed by atoms with Gasteiger partial charge >= 0.3 is 0 Å². The molecule has 1 aromatic rings. The number of hydrogen-bond donors (Lipinski definition) is 1. The molecule has 37 heavy (non-hydrogen) atoms. The molecular weight excluding hydrogens is 470 g/mol. The summed E-state index contributed by atoms with van der Waals surface area (Å²) in [6.45, 7) is 4.68. The number of carbonyl (C=O) groups excluding carboxylic acids is 3. The summed E-state index contributed by atoms with van der Waals surface area (Å²) in [6.07, 6.45) is 7.24. The van der Waals surface area contributed by atoms with Crippen LogP contribution in [0.4, 0.5) is 0 Å². The zero-order chi connectivity index (χ0) is 26.0. The summed E-state index contributed by atoms with van der Waals surface area (Å²) < 4.78 is 5.49. The fourth-order valence-electron chi connectivity index (χ4n) is 5.89. The Kier molecular flexibility index (Phi) is 9.93. The zero-order valence-electron chi connectivity index (χ0n) is 22.0. The van der Waals surface area contributed by atoms with Crippen molar-refractivity contribution in [1.29, 1.82) is 0 Å². The van der Waals surface area contributed by atoms with Crippen LogP contribution in [0.25, 0.3) is 0 Å². The molecule has 0 radical (unpaired) electrons. The number of nitrogens with zero attached hydrogens (tertiary/aromatic N) is 4. The Hall–Kier alpha value is -2.94. The zero-order valence-corrected chi connectivity index (χ0v) is 22.0. The topological polar surface area (TPSA) is 94.6 Å². The summed E-state index contributed by atoms with van der Waals surface area (Å²) >= 11 is 0. The monoisotopic (exact) mass is 511 g/mol. The van der Waals surface area contributed by atoms with Gasteiger partial charge in [-0.25, -0.2) is 0 Å². The maximum absolute atomic E-state index is 12.8. The van der Waals surface area contributed by atoms with Gasteiger partial charge in [-0.3, -0.25) is 19.4 Å². The highest BCUT2D eigenvalue weighted by molar-refractivity contribution is 6.03. The number of amidine groups is 1. The highest BCUT2D eigenvalue weighted by Gasteiger charge is 2.30. The second-order valence-electron chi connectivity index (χ2n) is 10.4. The van der Waals surface area contributed by atoms with E-state index in [1.54, 1.807) is 0 Å². The van der Waals surface area contributed by atoms with Crippen LogP contribution in [0, 0.1) is 11.8 Å². The third kappa shape index (κ3) is 7.53. The Morgan fingerprint density at radius 2 is 1.46 bits per heavy atom. The van der Waals surface area contributed by atoms with Crippen molar-refractivity contribution in [3.05, 3.63) is 35.9 Å². The highest BCUT2D eigenvalue weighted by atomic mass is 16.5. The first-order chi connectivity index (χ1) is 18.0.